The first-order valence-corrected chi connectivity index (χ1v) is 4.12. The van der Waals surface area contributed by atoms with Crippen LogP contribution < -0.4 is 5.32 Å². The molecule has 4 nitrogen and oxygen atoms in total. The summed E-state index contributed by atoms with van der Waals surface area (Å²) in [7, 11) is 0. The maximum absolute atomic E-state index is 11.1. The fraction of sp³-hybridized carbons (Fsp3) is 0.667. The third kappa shape index (κ3) is 6.16. The van der Waals surface area contributed by atoms with Crippen molar-refractivity contribution in [1.82, 2.24) is 5.32 Å². The van der Waals surface area contributed by atoms with Gasteiger partial charge in [0, 0.05) is 0 Å². The molecule has 0 aromatic heterocycles. The van der Waals surface area contributed by atoms with Crippen molar-refractivity contribution in [2.75, 3.05) is 6.61 Å². The number of hydrogen-bond acceptors (Lipinski definition) is 3. The van der Waals surface area contributed by atoms with Crippen LogP contribution in [0.1, 0.15) is 20.8 Å². The first kappa shape index (κ1) is 12.0. The number of amides is 1. The molecule has 0 spiro atoms. The summed E-state index contributed by atoms with van der Waals surface area (Å²) in [5, 5.41) is 11.2. The molecule has 1 atom stereocenters. The summed E-state index contributed by atoms with van der Waals surface area (Å²) in [6, 6.07) is -0.449. The van der Waals surface area contributed by atoms with Gasteiger partial charge in [-0.15, -0.1) is 6.58 Å². The monoisotopic (exact) mass is 187 g/mol. The van der Waals surface area contributed by atoms with Crippen LogP contribution in [0.3, 0.4) is 0 Å². The zero-order valence-corrected chi connectivity index (χ0v) is 8.33. The maximum Gasteiger partial charge on any atom is 0.408 e. The predicted molar refractivity (Wildman–Crippen MR) is 50.4 cm³/mol. The van der Waals surface area contributed by atoms with Crippen LogP contribution in [0.25, 0.3) is 0 Å². The van der Waals surface area contributed by atoms with Crippen molar-refractivity contribution in [2.24, 2.45) is 0 Å². The summed E-state index contributed by atoms with van der Waals surface area (Å²) in [5.41, 5.74) is -0.523. The van der Waals surface area contributed by atoms with E-state index >= 15 is 0 Å². The molecule has 0 fully saturated rings. The minimum atomic E-state index is -0.550. The van der Waals surface area contributed by atoms with Gasteiger partial charge in [-0.1, -0.05) is 6.08 Å². The van der Waals surface area contributed by atoms with Crippen LogP contribution in [0, 0.1) is 0 Å². The smallest absolute Gasteiger partial charge is 0.408 e. The highest BCUT2D eigenvalue weighted by molar-refractivity contribution is 5.68. The quantitative estimate of drug-likeness (QED) is 0.649. The molecule has 0 bridgehead atoms. The number of aliphatic hydroxyl groups excluding tert-OH is 1. The van der Waals surface area contributed by atoms with Gasteiger partial charge in [0.2, 0.25) is 0 Å². The Bertz CT molecular complexity index is 184. The summed E-state index contributed by atoms with van der Waals surface area (Å²) in [6.07, 6.45) is 0.899. The van der Waals surface area contributed by atoms with Crippen molar-refractivity contribution in [3.63, 3.8) is 0 Å². The number of rotatable bonds is 3. The zero-order chi connectivity index (χ0) is 10.5. The molecule has 0 radical (unpaired) electrons. The summed E-state index contributed by atoms with van der Waals surface area (Å²) >= 11 is 0. The van der Waals surface area contributed by atoms with Gasteiger partial charge >= 0.3 is 6.09 Å². The van der Waals surface area contributed by atoms with Gasteiger partial charge in [0.05, 0.1) is 12.6 Å². The SMILES string of the molecule is C=C[C@H](CO)NC(=O)OC(C)(C)C. The minimum absolute atomic E-state index is 0.178. The lowest BCUT2D eigenvalue weighted by Crippen LogP contribution is -2.39. The van der Waals surface area contributed by atoms with E-state index in [9.17, 15) is 4.79 Å². The minimum Gasteiger partial charge on any atom is -0.444 e. The van der Waals surface area contributed by atoms with Gasteiger partial charge in [-0.2, -0.15) is 0 Å². The summed E-state index contributed by atoms with van der Waals surface area (Å²) in [5.74, 6) is 0. The normalized spacial score (nSPS) is 13.2. The first-order chi connectivity index (χ1) is 5.89. The van der Waals surface area contributed by atoms with Crippen molar-refractivity contribution < 1.29 is 14.6 Å². The molecule has 0 aliphatic rings. The Labute approximate surface area is 78.6 Å². The Balaban J connectivity index is 3.93. The van der Waals surface area contributed by atoms with Crippen LogP contribution in [0.2, 0.25) is 0 Å². The second-order valence-electron chi connectivity index (χ2n) is 3.67. The topological polar surface area (TPSA) is 58.6 Å². The van der Waals surface area contributed by atoms with Crippen LogP contribution >= 0.6 is 0 Å². The molecule has 0 rings (SSSR count). The van der Waals surface area contributed by atoms with E-state index in [2.05, 4.69) is 11.9 Å². The van der Waals surface area contributed by atoms with Crippen molar-refractivity contribution >= 4 is 6.09 Å². The van der Waals surface area contributed by atoms with Crippen molar-refractivity contribution in [2.45, 2.75) is 32.4 Å². The molecule has 0 aromatic rings. The van der Waals surface area contributed by atoms with E-state index in [4.69, 9.17) is 9.84 Å². The lowest BCUT2D eigenvalue weighted by atomic mass is 10.2. The average molecular weight is 187 g/mol. The number of alkyl carbamates (subject to hydrolysis) is 1. The summed E-state index contributed by atoms with van der Waals surface area (Å²) in [4.78, 5) is 11.1. The molecule has 0 aliphatic heterocycles. The molecule has 2 N–H and O–H groups in total. The van der Waals surface area contributed by atoms with Crippen molar-refractivity contribution in [3.8, 4) is 0 Å². The third-order valence-corrected chi connectivity index (χ3v) is 1.18. The molecule has 0 heterocycles. The van der Waals surface area contributed by atoms with E-state index in [0.29, 0.717) is 0 Å². The molecule has 0 saturated carbocycles. The van der Waals surface area contributed by atoms with Gasteiger partial charge in [-0.25, -0.2) is 4.79 Å². The maximum atomic E-state index is 11.1. The van der Waals surface area contributed by atoms with Gasteiger partial charge in [-0.3, -0.25) is 0 Å². The Morgan fingerprint density at radius 1 is 1.69 bits per heavy atom. The van der Waals surface area contributed by atoms with Crippen LogP contribution in [0.4, 0.5) is 4.79 Å². The Hall–Kier alpha value is -1.03. The van der Waals surface area contributed by atoms with Gasteiger partial charge in [0.25, 0.3) is 0 Å². The van der Waals surface area contributed by atoms with E-state index in [-0.39, 0.29) is 6.61 Å². The lowest BCUT2D eigenvalue weighted by Gasteiger charge is -2.21. The molecule has 0 aliphatic carbocycles. The Kier molecular flexibility index (Phi) is 4.48. The largest absolute Gasteiger partial charge is 0.444 e. The average Bonchev–Trinajstić information content (AvgIpc) is 1.96. The lowest BCUT2D eigenvalue weighted by molar-refractivity contribution is 0.0498. The molecule has 76 valence electrons. The zero-order valence-electron chi connectivity index (χ0n) is 8.33. The van der Waals surface area contributed by atoms with Crippen LogP contribution in [-0.2, 0) is 4.74 Å². The molecule has 1 amide bonds. The highest BCUT2D eigenvalue weighted by atomic mass is 16.6. The summed E-state index contributed by atoms with van der Waals surface area (Å²) < 4.78 is 4.96. The first-order valence-electron chi connectivity index (χ1n) is 4.12. The van der Waals surface area contributed by atoms with E-state index < -0.39 is 17.7 Å². The van der Waals surface area contributed by atoms with E-state index in [0.717, 1.165) is 0 Å². The predicted octanol–water partition coefficient (Wildman–Crippen LogP) is 1.06. The number of nitrogens with one attached hydrogen (secondary N) is 1. The number of hydrogen-bond donors (Lipinski definition) is 2. The van der Waals surface area contributed by atoms with Gasteiger partial charge in [-0.05, 0) is 20.8 Å². The van der Waals surface area contributed by atoms with Crippen molar-refractivity contribution in [3.05, 3.63) is 12.7 Å². The standard InChI is InChI=1S/C9H17NO3/c1-5-7(6-11)10-8(12)13-9(2,3)4/h5,7,11H,1,6H2,2-4H3,(H,10,12)/t7-/m1/s1. The second-order valence-corrected chi connectivity index (χ2v) is 3.67. The molecular weight excluding hydrogens is 170 g/mol. The molecule has 4 heteroatoms. The molecule has 13 heavy (non-hydrogen) atoms. The molecule has 0 unspecified atom stereocenters. The highest BCUT2D eigenvalue weighted by Gasteiger charge is 2.17. The fourth-order valence-electron chi connectivity index (χ4n) is 0.638. The number of aliphatic hydroxyl groups is 1. The van der Waals surface area contributed by atoms with E-state index in [1.807, 2.05) is 0 Å². The third-order valence-electron chi connectivity index (χ3n) is 1.18. The van der Waals surface area contributed by atoms with Gasteiger partial charge < -0.3 is 15.2 Å². The van der Waals surface area contributed by atoms with Crippen LogP contribution in [-0.4, -0.2) is 29.4 Å². The molecule has 0 aromatic carbocycles. The van der Waals surface area contributed by atoms with Crippen LogP contribution in [0.15, 0.2) is 12.7 Å². The molecular formula is C9H17NO3. The fourth-order valence-corrected chi connectivity index (χ4v) is 0.638. The van der Waals surface area contributed by atoms with Gasteiger partial charge in [0.15, 0.2) is 0 Å². The highest BCUT2D eigenvalue weighted by Crippen LogP contribution is 2.06. The van der Waals surface area contributed by atoms with E-state index in [1.54, 1.807) is 20.8 Å². The Morgan fingerprint density at radius 3 is 2.54 bits per heavy atom. The molecule has 0 saturated heterocycles. The van der Waals surface area contributed by atoms with Crippen molar-refractivity contribution in [1.29, 1.82) is 0 Å². The summed E-state index contributed by atoms with van der Waals surface area (Å²) in [6.45, 7) is 8.59. The Morgan fingerprint density at radius 2 is 2.23 bits per heavy atom. The second kappa shape index (κ2) is 4.87. The number of carbonyl (C=O) groups excluding carboxylic acids is 1. The van der Waals surface area contributed by atoms with E-state index in [1.165, 1.54) is 6.08 Å². The van der Waals surface area contributed by atoms with Crippen LogP contribution in [0.5, 0.6) is 0 Å². The number of ether oxygens (including phenoxy) is 1. The van der Waals surface area contributed by atoms with Gasteiger partial charge in [0.1, 0.15) is 5.60 Å². The number of carbonyl (C=O) groups is 1.